The Morgan fingerprint density at radius 1 is 1.24 bits per heavy atom. The Morgan fingerprint density at radius 2 is 2.00 bits per heavy atom. The number of aliphatic hydroxyl groups is 1. The molecule has 128 valence electrons. The fourth-order valence-electron chi connectivity index (χ4n) is 2.94. The minimum Gasteiger partial charge on any atom is -0.393 e. The normalized spacial score (nSPS) is 19.2. The van der Waals surface area contributed by atoms with Crippen molar-refractivity contribution >= 4 is 17.4 Å². The Bertz CT molecular complexity index is 785. The number of nitriles is 1. The minimum absolute atomic E-state index is 0.163. The van der Waals surface area contributed by atoms with Crippen molar-refractivity contribution in [2.45, 2.75) is 25.4 Å². The fourth-order valence-corrected chi connectivity index (χ4v) is 2.94. The number of carbonyl (C=O) groups excluding carboxylic acids is 1. The van der Waals surface area contributed by atoms with E-state index in [1.807, 2.05) is 6.07 Å². The van der Waals surface area contributed by atoms with Crippen LogP contribution in [0.2, 0.25) is 0 Å². The van der Waals surface area contributed by atoms with E-state index in [0.29, 0.717) is 23.6 Å². The number of carbonyl (C=O) groups is 1. The Hall–Kier alpha value is -2.98. The van der Waals surface area contributed by atoms with E-state index in [9.17, 15) is 9.90 Å². The summed E-state index contributed by atoms with van der Waals surface area (Å²) in [6.45, 7) is 0.553. The van der Waals surface area contributed by atoms with Gasteiger partial charge in [-0.05, 0) is 37.1 Å². The molecule has 7 heteroatoms. The Kier molecular flexibility index (Phi) is 5.21. The smallest absolute Gasteiger partial charge is 0.278 e. The van der Waals surface area contributed by atoms with Gasteiger partial charge >= 0.3 is 0 Å². The van der Waals surface area contributed by atoms with Crippen molar-refractivity contribution in [2.75, 3.05) is 17.2 Å². The number of hydrogen-bond donors (Lipinski definition) is 3. The van der Waals surface area contributed by atoms with Gasteiger partial charge in [0.25, 0.3) is 5.91 Å². The van der Waals surface area contributed by atoms with Crippen LogP contribution < -0.4 is 10.6 Å². The van der Waals surface area contributed by atoms with Crippen LogP contribution in [0.3, 0.4) is 0 Å². The van der Waals surface area contributed by atoms with Gasteiger partial charge in [0.2, 0.25) is 0 Å². The topological polar surface area (TPSA) is 111 Å². The molecule has 1 aliphatic rings. The number of amides is 1. The summed E-state index contributed by atoms with van der Waals surface area (Å²) < 4.78 is 0. The summed E-state index contributed by atoms with van der Waals surface area (Å²) in [7, 11) is 0. The molecule has 0 saturated heterocycles. The van der Waals surface area contributed by atoms with E-state index in [-0.39, 0.29) is 23.6 Å². The van der Waals surface area contributed by atoms with Crippen LogP contribution >= 0.6 is 0 Å². The van der Waals surface area contributed by atoms with Crippen LogP contribution in [0.1, 0.15) is 35.3 Å². The zero-order valence-corrected chi connectivity index (χ0v) is 13.6. The maximum atomic E-state index is 12.5. The first kappa shape index (κ1) is 16.9. The van der Waals surface area contributed by atoms with Gasteiger partial charge in [0.05, 0.1) is 17.7 Å². The largest absolute Gasteiger partial charge is 0.393 e. The molecular weight excluding hydrogens is 318 g/mol. The second kappa shape index (κ2) is 7.73. The van der Waals surface area contributed by atoms with E-state index in [2.05, 4.69) is 20.6 Å². The number of anilines is 2. The molecule has 3 N–H and O–H groups in total. The number of hydrogen-bond acceptors (Lipinski definition) is 6. The average molecular weight is 337 g/mol. The molecule has 25 heavy (non-hydrogen) atoms. The summed E-state index contributed by atoms with van der Waals surface area (Å²) in [6.07, 6.45) is 5.47. The quantitative estimate of drug-likeness (QED) is 0.771. The van der Waals surface area contributed by atoms with E-state index in [0.717, 1.165) is 19.3 Å². The number of aromatic nitrogens is 2. The van der Waals surface area contributed by atoms with Crippen LogP contribution in [0, 0.1) is 17.2 Å². The maximum absolute atomic E-state index is 12.5. The second-order valence-electron chi connectivity index (χ2n) is 6.04. The Labute approximate surface area is 145 Å². The molecule has 1 aromatic carbocycles. The van der Waals surface area contributed by atoms with Gasteiger partial charge in [0.15, 0.2) is 11.5 Å². The maximum Gasteiger partial charge on any atom is 0.278 e. The van der Waals surface area contributed by atoms with Crippen LogP contribution in [0.25, 0.3) is 0 Å². The van der Waals surface area contributed by atoms with Crippen molar-refractivity contribution in [2.24, 2.45) is 5.92 Å². The molecule has 7 nitrogen and oxygen atoms in total. The van der Waals surface area contributed by atoms with Crippen LogP contribution in [-0.4, -0.2) is 33.6 Å². The molecule has 1 fully saturated rings. The number of nitrogens with zero attached hydrogens (tertiary/aromatic N) is 3. The molecule has 3 rings (SSSR count). The molecule has 1 aromatic heterocycles. The highest BCUT2D eigenvalue weighted by Gasteiger charge is 2.25. The summed E-state index contributed by atoms with van der Waals surface area (Å²) in [5, 5.41) is 24.6. The molecular formula is C18H19N5O2. The number of rotatable bonds is 5. The summed E-state index contributed by atoms with van der Waals surface area (Å²) in [5.74, 6) is 0.177. The van der Waals surface area contributed by atoms with Crippen molar-refractivity contribution in [3.8, 4) is 6.07 Å². The first-order chi connectivity index (χ1) is 12.2. The molecule has 2 unspecified atom stereocenters. The predicted octanol–water partition coefficient (Wildman–Crippen LogP) is 2.17. The molecule has 2 aromatic rings. The van der Waals surface area contributed by atoms with Gasteiger partial charge in [-0.2, -0.15) is 5.26 Å². The lowest BCUT2D eigenvalue weighted by atomic mass is 10.1. The monoisotopic (exact) mass is 337 g/mol. The van der Waals surface area contributed by atoms with Gasteiger partial charge in [-0.25, -0.2) is 9.97 Å². The van der Waals surface area contributed by atoms with Crippen molar-refractivity contribution < 1.29 is 9.90 Å². The summed E-state index contributed by atoms with van der Waals surface area (Å²) in [6, 6.07) is 8.62. The number of benzene rings is 1. The highest BCUT2D eigenvalue weighted by molar-refractivity contribution is 6.05. The Balaban J connectivity index is 1.68. The van der Waals surface area contributed by atoms with Crippen molar-refractivity contribution in [1.29, 1.82) is 5.26 Å². The zero-order valence-electron chi connectivity index (χ0n) is 13.6. The number of aliphatic hydroxyl groups excluding tert-OH is 1. The molecule has 1 heterocycles. The van der Waals surface area contributed by atoms with Crippen molar-refractivity contribution in [1.82, 2.24) is 9.97 Å². The molecule has 0 radical (unpaired) electrons. The zero-order chi connectivity index (χ0) is 17.6. The fraction of sp³-hybridized carbons (Fsp3) is 0.333. The van der Waals surface area contributed by atoms with Gasteiger partial charge in [0.1, 0.15) is 0 Å². The highest BCUT2D eigenvalue weighted by atomic mass is 16.3. The molecule has 1 saturated carbocycles. The lowest BCUT2D eigenvalue weighted by Crippen LogP contribution is -2.24. The molecule has 0 spiro atoms. The van der Waals surface area contributed by atoms with Gasteiger partial charge in [-0.1, -0.05) is 6.42 Å². The molecule has 2 atom stereocenters. The van der Waals surface area contributed by atoms with E-state index >= 15 is 0 Å². The average Bonchev–Trinajstić information content (AvgIpc) is 3.05. The molecule has 0 aliphatic heterocycles. The lowest BCUT2D eigenvalue weighted by molar-refractivity contribution is 0.102. The second-order valence-corrected chi connectivity index (χ2v) is 6.04. The lowest BCUT2D eigenvalue weighted by Gasteiger charge is -2.16. The van der Waals surface area contributed by atoms with E-state index in [4.69, 9.17) is 5.26 Å². The van der Waals surface area contributed by atoms with Crippen LogP contribution in [0.15, 0.2) is 36.7 Å². The van der Waals surface area contributed by atoms with Crippen molar-refractivity contribution in [3.05, 3.63) is 47.9 Å². The third-order valence-electron chi connectivity index (χ3n) is 4.34. The molecule has 0 bridgehead atoms. The minimum atomic E-state index is -0.382. The summed E-state index contributed by atoms with van der Waals surface area (Å²) >= 11 is 0. The SMILES string of the molecule is N#Cc1ccc(NC(=O)c2nccnc2NCC2CCCC2O)cc1. The third-order valence-corrected chi connectivity index (χ3v) is 4.34. The summed E-state index contributed by atoms with van der Waals surface area (Å²) in [5.41, 5.74) is 1.29. The van der Waals surface area contributed by atoms with E-state index in [1.54, 1.807) is 24.3 Å². The standard InChI is InChI=1S/C18H19N5O2/c19-10-12-4-6-14(7-5-12)23-18(25)16-17(21-9-8-20-16)22-11-13-2-1-3-15(13)24/h4-9,13,15,24H,1-3,11H2,(H,21,22)(H,23,25). The van der Waals surface area contributed by atoms with Gasteiger partial charge in [-0.15, -0.1) is 0 Å². The first-order valence-electron chi connectivity index (χ1n) is 8.22. The van der Waals surface area contributed by atoms with Gasteiger partial charge in [0, 0.05) is 30.5 Å². The summed E-state index contributed by atoms with van der Waals surface area (Å²) in [4.78, 5) is 20.8. The highest BCUT2D eigenvalue weighted by Crippen LogP contribution is 2.26. The molecule has 1 amide bonds. The number of nitrogens with one attached hydrogen (secondary N) is 2. The third kappa shape index (κ3) is 4.11. The first-order valence-corrected chi connectivity index (χ1v) is 8.22. The van der Waals surface area contributed by atoms with Crippen LogP contribution in [-0.2, 0) is 0 Å². The van der Waals surface area contributed by atoms with E-state index in [1.165, 1.54) is 12.4 Å². The Morgan fingerprint density at radius 3 is 2.68 bits per heavy atom. The van der Waals surface area contributed by atoms with Gasteiger partial charge < -0.3 is 15.7 Å². The van der Waals surface area contributed by atoms with Crippen LogP contribution in [0.4, 0.5) is 11.5 Å². The van der Waals surface area contributed by atoms with Crippen molar-refractivity contribution in [3.63, 3.8) is 0 Å². The van der Waals surface area contributed by atoms with Crippen LogP contribution in [0.5, 0.6) is 0 Å². The van der Waals surface area contributed by atoms with Gasteiger partial charge in [-0.3, -0.25) is 4.79 Å². The molecule has 1 aliphatic carbocycles. The van der Waals surface area contributed by atoms with E-state index < -0.39 is 0 Å². The predicted molar refractivity (Wildman–Crippen MR) is 93.0 cm³/mol.